The lowest BCUT2D eigenvalue weighted by molar-refractivity contribution is -0.144. The van der Waals surface area contributed by atoms with Gasteiger partial charge < -0.3 is 33.5 Å². The Morgan fingerprint density at radius 1 is 0.618 bits per heavy atom. The first-order valence-corrected chi connectivity index (χ1v) is 11.1. The van der Waals surface area contributed by atoms with E-state index in [4.69, 9.17) is 23.7 Å². The van der Waals surface area contributed by atoms with Gasteiger partial charge in [0.2, 0.25) is 0 Å². The summed E-state index contributed by atoms with van der Waals surface area (Å²) in [4.78, 5) is 51.8. The van der Waals surface area contributed by atoms with Crippen LogP contribution in [-0.2, 0) is 38.1 Å². The van der Waals surface area contributed by atoms with E-state index in [0.717, 1.165) is 0 Å². The highest BCUT2D eigenvalue weighted by molar-refractivity contribution is 5.87. The third-order valence-electron chi connectivity index (χ3n) is 4.36. The van der Waals surface area contributed by atoms with Crippen LogP contribution in [0.5, 0.6) is 5.75 Å². The van der Waals surface area contributed by atoms with Gasteiger partial charge in [-0.3, -0.25) is 19.2 Å². The number of para-hydroxylation sites is 1. The first-order chi connectivity index (χ1) is 16.3. The van der Waals surface area contributed by atoms with Crippen LogP contribution >= 0.6 is 0 Å². The molecule has 0 heterocycles. The zero-order valence-corrected chi connectivity index (χ0v) is 20.5. The number of rotatable bonds is 15. The zero-order chi connectivity index (χ0) is 25.5. The number of benzene rings is 1. The summed E-state index contributed by atoms with van der Waals surface area (Å²) < 4.78 is 25.8. The summed E-state index contributed by atoms with van der Waals surface area (Å²) >= 11 is 0. The van der Waals surface area contributed by atoms with Crippen LogP contribution in [0.1, 0.15) is 27.7 Å². The van der Waals surface area contributed by atoms with Crippen LogP contribution < -0.4 is 14.5 Å². The van der Waals surface area contributed by atoms with Gasteiger partial charge in [-0.05, 0) is 39.8 Å². The largest absolute Gasteiger partial charge is 0.492 e. The van der Waals surface area contributed by atoms with Crippen LogP contribution in [0.15, 0.2) is 18.2 Å². The number of hydrogen-bond acceptors (Lipinski definition) is 11. The smallest absolute Gasteiger partial charge is 0.325 e. The molecule has 0 fully saturated rings. The molecule has 0 spiro atoms. The molecule has 34 heavy (non-hydrogen) atoms. The summed E-state index contributed by atoms with van der Waals surface area (Å²) in [5, 5.41) is 0. The lowest BCUT2D eigenvalue weighted by Crippen LogP contribution is -2.38. The van der Waals surface area contributed by atoms with E-state index in [1.54, 1.807) is 45.9 Å². The summed E-state index contributed by atoms with van der Waals surface area (Å²) in [6, 6.07) is 4.95. The zero-order valence-electron chi connectivity index (χ0n) is 20.5. The Kier molecular flexibility index (Phi) is 12.9. The molecule has 1 rings (SSSR count). The van der Waals surface area contributed by atoms with Crippen molar-refractivity contribution in [3.05, 3.63) is 18.2 Å². The van der Waals surface area contributed by atoms with Gasteiger partial charge in [-0.25, -0.2) is 0 Å². The summed E-state index contributed by atoms with van der Waals surface area (Å²) in [5.41, 5.74) is 0.748. The summed E-state index contributed by atoms with van der Waals surface area (Å²) in [7, 11) is 1.40. The minimum Gasteiger partial charge on any atom is -0.492 e. The molecule has 0 N–H and O–H groups in total. The molecule has 11 nitrogen and oxygen atoms in total. The average Bonchev–Trinajstić information content (AvgIpc) is 2.78. The predicted octanol–water partition coefficient (Wildman–Crippen LogP) is 1.56. The highest BCUT2D eigenvalue weighted by atomic mass is 16.5. The molecule has 0 aliphatic rings. The van der Waals surface area contributed by atoms with Crippen molar-refractivity contribution >= 4 is 35.3 Å². The molecule has 0 unspecified atom stereocenters. The van der Waals surface area contributed by atoms with Crippen molar-refractivity contribution in [2.75, 3.05) is 69.5 Å². The van der Waals surface area contributed by atoms with Gasteiger partial charge >= 0.3 is 23.9 Å². The van der Waals surface area contributed by atoms with Crippen molar-refractivity contribution < 1.29 is 42.9 Å². The van der Waals surface area contributed by atoms with Gasteiger partial charge in [-0.1, -0.05) is 6.07 Å². The molecule has 0 saturated heterocycles. The van der Waals surface area contributed by atoms with Gasteiger partial charge in [0.25, 0.3) is 0 Å². The number of anilines is 2. The third-order valence-corrected chi connectivity index (χ3v) is 4.36. The molecular formula is C23H34N2O9. The molecule has 1 aromatic rings. The molecular weight excluding hydrogens is 448 g/mol. The summed E-state index contributed by atoms with van der Waals surface area (Å²) in [5.74, 6) is -1.95. The molecule has 1 aromatic carbocycles. The second-order valence-electron chi connectivity index (χ2n) is 6.76. The van der Waals surface area contributed by atoms with Crippen molar-refractivity contribution in [3.63, 3.8) is 0 Å². The van der Waals surface area contributed by atoms with E-state index in [2.05, 4.69) is 0 Å². The van der Waals surface area contributed by atoms with Crippen molar-refractivity contribution in [3.8, 4) is 5.75 Å². The molecule has 0 atom stereocenters. The first kappa shape index (κ1) is 28.5. The first-order valence-electron chi connectivity index (χ1n) is 11.1. The number of ether oxygens (including phenoxy) is 5. The standard InChI is InChI=1S/C23H34N2O9/c1-6-31-19(26)13-24(14-20(27)32-7-2)17-11-10-12-18(23(17)30-5)25(15-21(28)33-8-3)16-22(29)34-9-4/h10-12H,6-9,13-16H2,1-5H3. The van der Waals surface area contributed by atoms with Gasteiger partial charge in [0, 0.05) is 0 Å². The minimum atomic E-state index is -0.547. The minimum absolute atomic E-state index is 0.177. The summed E-state index contributed by atoms with van der Waals surface area (Å²) in [6.45, 7) is 6.43. The van der Waals surface area contributed by atoms with Crippen molar-refractivity contribution in [2.45, 2.75) is 27.7 Å². The monoisotopic (exact) mass is 482 g/mol. The Hall–Kier alpha value is -3.50. The van der Waals surface area contributed by atoms with E-state index in [0.29, 0.717) is 11.4 Å². The van der Waals surface area contributed by atoms with E-state index in [1.807, 2.05) is 0 Å². The maximum Gasteiger partial charge on any atom is 0.325 e. The van der Waals surface area contributed by atoms with Gasteiger partial charge in [0.15, 0.2) is 5.75 Å². The SMILES string of the molecule is CCOC(=O)CN(CC(=O)OCC)c1cccc(N(CC(=O)OCC)CC(=O)OCC)c1OC. The van der Waals surface area contributed by atoms with E-state index in [1.165, 1.54) is 16.9 Å². The maximum absolute atomic E-state index is 12.2. The average molecular weight is 483 g/mol. The predicted molar refractivity (Wildman–Crippen MR) is 124 cm³/mol. The summed E-state index contributed by atoms with van der Waals surface area (Å²) in [6.07, 6.45) is 0. The molecule has 0 aliphatic heterocycles. The Bertz CT molecular complexity index is 726. The molecule has 0 aliphatic carbocycles. The van der Waals surface area contributed by atoms with Crippen LogP contribution in [0.4, 0.5) is 11.4 Å². The number of esters is 4. The number of methoxy groups -OCH3 is 1. The number of carbonyl (C=O) groups is 4. The van der Waals surface area contributed by atoms with Crippen LogP contribution in [0, 0.1) is 0 Å². The molecule has 190 valence electrons. The number of carbonyl (C=O) groups excluding carboxylic acids is 4. The third kappa shape index (κ3) is 9.16. The second-order valence-corrected chi connectivity index (χ2v) is 6.76. The number of hydrogen-bond donors (Lipinski definition) is 0. The fraction of sp³-hybridized carbons (Fsp3) is 0.565. The molecule has 0 amide bonds. The fourth-order valence-corrected chi connectivity index (χ4v) is 3.12. The maximum atomic E-state index is 12.2. The molecule has 0 saturated carbocycles. The Balaban J connectivity index is 3.45. The van der Waals surface area contributed by atoms with Crippen LogP contribution in [0.2, 0.25) is 0 Å². The number of nitrogens with zero attached hydrogens (tertiary/aromatic N) is 2. The van der Waals surface area contributed by atoms with Crippen LogP contribution in [0.25, 0.3) is 0 Å². The fourth-order valence-electron chi connectivity index (χ4n) is 3.12. The van der Waals surface area contributed by atoms with Crippen LogP contribution in [-0.4, -0.2) is 83.6 Å². The van der Waals surface area contributed by atoms with E-state index >= 15 is 0 Å². The Morgan fingerprint density at radius 3 is 1.15 bits per heavy atom. The Morgan fingerprint density at radius 2 is 0.912 bits per heavy atom. The van der Waals surface area contributed by atoms with E-state index < -0.39 is 23.9 Å². The van der Waals surface area contributed by atoms with Crippen molar-refractivity contribution in [2.24, 2.45) is 0 Å². The second kappa shape index (κ2) is 15.4. The van der Waals surface area contributed by atoms with E-state index in [9.17, 15) is 19.2 Å². The van der Waals surface area contributed by atoms with Crippen molar-refractivity contribution in [1.29, 1.82) is 0 Å². The molecule has 0 radical (unpaired) electrons. The van der Waals surface area contributed by atoms with Gasteiger partial charge in [-0.2, -0.15) is 0 Å². The molecule has 11 heteroatoms. The normalized spacial score (nSPS) is 10.1. The van der Waals surface area contributed by atoms with E-state index in [-0.39, 0.29) is 58.4 Å². The van der Waals surface area contributed by atoms with Crippen LogP contribution in [0.3, 0.4) is 0 Å². The molecule has 0 aromatic heterocycles. The Labute approximate surface area is 199 Å². The highest BCUT2D eigenvalue weighted by Crippen LogP contribution is 2.38. The highest BCUT2D eigenvalue weighted by Gasteiger charge is 2.26. The lowest BCUT2D eigenvalue weighted by atomic mass is 10.2. The quantitative estimate of drug-likeness (QED) is 0.267. The van der Waals surface area contributed by atoms with Gasteiger partial charge in [-0.15, -0.1) is 0 Å². The molecule has 0 bridgehead atoms. The topological polar surface area (TPSA) is 121 Å². The van der Waals surface area contributed by atoms with Gasteiger partial charge in [0.05, 0.1) is 44.9 Å². The van der Waals surface area contributed by atoms with Gasteiger partial charge in [0.1, 0.15) is 26.2 Å². The van der Waals surface area contributed by atoms with Crippen molar-refractivity contribution in [1.82, 2.24) is 0 Å². The lowest BCUT2D eigenvalue weighted by Gasteiger charge is -2.29.